The summed E-state index contributed by atoms with van der Waals surface area (Å²) in [6, 6.07) is 7.04. The standard InChI is InChI=1S/C16H24N2/c1-2-10-18(9-1)11-8-17-13-14-6-7-15-4-3-5-16(15)12-14/h6-7,12,17H,1-5,8-11,13H2. The zero-order valence-corrected chi connectivity index (χ0v) is 11.3. The molecule has 1 heterocycles. The van der Waals surface area contributed by atoms with E-state index in [9.17, 15) is 0 Å². The van der Waals surface area contributed by atoms with Crippen LogP contribution in [0.2, 0.25) is 0 Å². The van der Waals surface area contributed by atoms with Crippen LogP contribution >= 0.6 is 0 Å². The highest BCUT2D eigenvalue weighted by Gasteiger charge is 2.11. The first kappa shape index (κ1) is 12.2. The van der Waals surface area contributed by atoms with E-state index in [1.165, 1.54) is 57.3 Å². The van der Waals surface area contributed by atoms with Gasteiger partial charge in [0.05, 0.1) is 0 Å². The number of aryl methyl sites for hydroxylation is 2. The predicted octanol–water partition coefficient (Wildman–Crippen LogP) is 2.36. The molecular formula is C16H24N2. The van der Waals surface area contributed by atoms with E-state index < -0.39 is 0 Å². The van der Waals surface area contributed by atoms with Crippen LogP contribution in [0.4, 0.5) is 0 Å². The quantitative estimate of drug-likeness (QED) is 0.800. The van der Waals surface area contributed by atoms with Crippen LogP contribution in [-0.2, 0) is 19.4 Å². The van der Waals surface area contributed by atoms with Crippen molar-refractivity contribution in [3.63, 3.8) is 0 Å². The number of rotatable bonds is 5. The Bertz CT molecular complexity index is 394. The highest BCUT2D eigenvalue weighted by molar-refractivity contribution is 5.35. The van der Waals surface area contributed by atoms with Crippen LogP contribution in [-0.4, -0.2) is 31.1 Å². The van der Waals surface area contributed by atoms with Crippen molar-refractivity contribution in [1.82, 2.24) is 10.2 Å². The monoisotopic (exact) mass is 244 g/mol. The SMILES string of the molecule is c1cc2c(cc1CNCCN1CCCC1)CCC2. The van der Waals surface area contributed by atoms with Crippen molar-refractivity contribution in [3.8, 4) is 0 Å². The molecule has 3 rings (SSSR count). The van der Waals surface area contributed by atoms with Gasteiger partial charge in [-0.1, -0.05) is 18.2 Å². The molecule has 0 atom stereocenters. The van der Waals surface area contributed by atoms with Crippen LogP contribution < -0.4 is 5.32 Å². The molecule has 2 nitrogen and oxygen atoms in total. The number of nitrogens with one attached hydrogen (secondary N) is 1. The van der Waals surface area contributed by atoms with Crippen LogP contribution in [0.25, 0.3) is 0 Å². The van der Waals surface area contributed by atoms with Gasteiger partial charge < -0.3 is 10.2 Å². The number of nitrogens with zero attached hydrogens (tertiary/aromatic N) is 1. The average Bonchev–Trinajstić information content (AvgIpc) is 3.05. The molecule has 18 heavy (non-hydrogen) atoms. The summed E-state index contributed by atoms with van der Waals surface area (Å²) >= 11 is 0. The van der Waals surface area contributed by atoms with Gasteiger partial charge >= 0.3 is 0 Å². The van der Waals surface area contributed by atoms with Crippen molar-refractivity contribution in [2.45, 2.75) is 38.6 Å². The molecule has 1 aliphatic carbocycles. The minimum Gasteiger partial charge on any atom is -0.311 e. The Kier molecular flexibility index (Phi) is 3.96. The zero-order chi connectivity index (χ0) is 12.2. The maximum absolute atomic E-state index is 3.58. The highest BCUT2D eigenvalue weighted by atomic mass is 15.1. The molecule has 0 amide bonds. The summed E-state index contributed by atoms with van der Waals surface area (Å²) in [6.45, 7) is 5.98. The van der Waals surface area contributed by atoms with Crippen molar-refractivity contribution < 1.29 is 0 Å². The fourth-order valence-corrected chi connectivity index (χ4v) is 3.21. The van der Waals surface area contributed by atoms with E-state index in [0.717, 1.165) is 13.1 Å². The first-order chi connectivity index (χ1) is 8.92. The Hall–Kier alpha value is -0.860. The second kappa shape index (κ2) is 5.85. The lowest BCUT2D eigenvalue weighted by atomic mass is 10.1. The maximum Gasteiger partial charge on any atom is 0.0206 e. The minimum atomic E-state index is 1.03. The van der Waals surface area contributed by atoms with Crippen molar-refractivity contribution in [3.05, 3.63) is 34.9 Å². The fraction of sp³-hybridized carbons (Fsp3) is 0.625. The van der Waals surface area contributed by atoms with E-state index in [4.69, 9.17) is 0 Å². The van der Waals surface area contributed by atoms with E-state index in [1.807, 2.05) is 0 Å². The molecule has 0 unspecified atom stereocenters. The van der Waals surface area contributed by atoms with E-state index in [2.05, 4.69) is 28.4 Å². The van der Waals surface area contributed by atoms with Gasteiger partial charge in [-0.3, -0.25) is 0 Å². The van der Waals surface area contributed by atoms with Crippen LogP contribution in [0, 0.1) is 0 Å². The van der Waals surface area contributed by atoms with Gasteiger partial charge in [0, 0.05) is 19.6 Å². The van der Waals surface area contributed by atoms with Gasteiger partial charge in [0.2, 0.25) is 0 Å². The molecule has 1 N–H and O–H groups in total. The Morgan fingerprint density at radius 1 is 1.00 bits per heavy atom. The number of fused-ring (bicyclic) bond motifs is 1. The molecule has 0 radical (unpaired) electrons. The summed E-state index contributed by atoms with van der Waals surface area (Å²) in [4.78, 5) is 2.57. The molecule has 98 valence electrons. The van der Waals surface area contributed by atoms with E-state index in [0.29, 0.717) is 0 Å². The Morgan fingerprint density at radius 3 is 2.72 bits per heavy atom. The molecule has 2 aliphatic rings. The van der Waals surface area contributed by atoms with Crippen LogP contribution in [0.5, 0.6) is 0 Å². The molecule has 0 saturated carbocycles. The third-order valence-electron chi connectivity index (χ3n) is 4.30. The Labute approximate surface area is 110 Å². The lowest BCUT2D eigenvalue weighted by Crippen LogP contribution is -2.29. The highest BCUT2D eigenvalue weighted by Crippen LogP contribution is 2.22. The molecule has 1 saturated heterocycles. The maximum atomic E-state index is 3.58. The van der Waals surface area contributed by atoms with Crippen molar-refractivity contribution >= 4 is 0 Å². The summed E-state index contributed by atoms with van der Waals surface area (Å²) in [6.07, 6.45) is 6.71. The van der Waals surface area contributed by atoms with Gasteiger partial charge in [-0.2, -0.15) is 0 Å². The summed E-state index contributed by atoms with van der Waals surface area (Å²) in [5.41, 5.74) is 4.63. The van der Waals surface area contributed by atoms with Gasteiger partial charge in [0.1, 0.15) is 0 Å². The molecule has 2 heteroatoms. The van der Waals surface area contributed by atoms with Crippen molar-refractivity contribution in [2.75, 3.05) is 26.2 Å². The fourth-order valence-electron chi connectivity index (χ4n) is 3.21. The second-order valence-corrected chi connectivity index (χ2v) is 5.68. The smallest absolute Gasteiger partial charge is 0.0206 e. The number of hydrogen-bond acceptors (Lipinski definition) is 2. The molecule has 1 aliphatic heterocycles. The van der Waals surface area contributed by atoms with Crippen molar-refractivity contribution in [1.29, 1.82) is 0 Å². The zero-order valence-electron chi connectivity index (χ0n) is 11.3. The van der Waals surface area contributed by atoms with Gasteiger partial charge in [0.15, 0.2) is 0 Å². The lowest BCUT2D eigenvalue weighted by Gasteiger charge is -2.14. The minimum absolute atomic E-state index is 1.03. The van der Waals surface area contributed by atoms with E-state index in [-0.39, 0.29) is 0 Å². The van der Waals surface area contributed by atoms with Crippen molar-refractivity contribution in [2.24, 2.45) is 0 Å². The predicted molar refractivity (Wildman–Crippen MR) is 75.8 cm³/mol. The van der Waals surface area contributed by atoms with Crippen LogP contribution in [0.1, 0.15) is 36.0 Å². The summed E-state index contributed by atoms with van der Waals surface area (Å²) in [5, 5.41) is 3.58. The summed E-state index contributed by atoms with van der Waals surface area (Å²) in [5.74, 6) is 0. The first-order valence-corrected chi connectivity index (χ1v) is 7.45. The number of benzene rings is 1. The summed E-state index contributed by atoms with van der Waals surface area (Å²) < 4.78 is 0. The lowest BCUT2D eigenvalue weighted by molar-refractivity contribution is 0.335. The van der Waals surface area contributed by atoms with Crippen LogP contribution in [0.3, 0.4) is 0 Å². The molecule has 0 spiro atoms. The third kappa shape index (κ3) is 2.93. The molecule has 1 aromatic carbocycles. The van der Waals surface area contributed by atoms with E-state index >= 15 is 0 Å². The topological polar surface area (TPSA) is 15.3 Å². The van der Waals surface area contributed by atoms with Gasteiger partial charge in [0.25, 0.3) is 0 Å². The normalized spacial score (nSPS) is 19.3. The van der Waals surface area contributed by atoms with Gasteiger partial charge in [-0.15, -0.1) is 0 Å². The average molecular weight is 244 g/mol. The molecule has 0 bridgehead atoms. The number of hydrogen-bond donors (Lipinski definition) is 1. The van der Waals surface area contributed by atoms with Gasteiger partial charge in [-0.05, 0) is 61.9 Å². The summed E-state index contributed by atoms with van der Waals surface area (Å²) in [7, 11) is 0. The molecule has 0 aromatic heterocycles. The van der Waals surface area contributed by atoms with E-state index in [1.54, 1.807) is 11.1 Å². The van der Waals surface area contributed by atoms with Gasteiger partial charge in [-0.25, -0.2) is 0 Å². The Morgan fingerprint density at radius 2 is 1.83 bits per heavy atom. The number of likely N-dealkylation sites (tertiary alicyclic amines) is 1. The molecule has 1 fully saturated rings. The second-order valence-electron chi connectivity index (χ2n) is 5.68. The first-order valence-electron chi connectivity index (χ1n) is 7.45. The molecular weight excluding hydrogens is 220 g/mol. The largest absolute Gasteiger partial charge is 0.311 e. The molecule has 1 aromatic rings. The Balaban J connectivity index is 1.42. The van der Waals surface area contributed by atoms with Crippen LogP contribution in [0.15, 0.2) is 18.2 Å². The third-order valence-corrected chi connectivity index (χ3v) is 4.30.